The molecular formula is C20H25NO5S. The number of anilines is 1. The van der Waals surface area contributed by atoms with Gasteiger partial charge in [-0.15, -0.1) is 0 Å². The summed E-state index contributed by atoms with van der Waals surface area (Å²) in [5.74, 6) is 0.311. The normalized spacial score (nSPS) is 12.4. The molecule has 1 N–H and O–H groups in total. The Kier molecular flexibility index (Phi) is 7.82. The van der Waals surface area contributed by atoms with Gasteiger partial charge in [0.05, 0.1) is 6.26 Å². The summed E-state index contributed by atoms with van der Waals surface area (Å²) in [4.78, 5) is 11.0. The smallest absolute Gasteiger partial charge is 0.306 e. The molecule has 6 nitrogen and oxygen atoms in total. The number of hydrogen-bond acceptors (Lipinski definition) is 6. The topological polar surface area (TPSA) is 81.7 Å². The van der Waals surface area contributed by atoms with Crippen molar-refractivity contribution in [2.75, 3.05) is 24.7 Å². The van der Waals surface area contributed by atoms with Gasteiger partial charge in [0.15, 0.2) is 0 Å². The first kappa shape index (κ1) is 20.9. The quantitative estimate of drug-likeness (QED) is 0.469. The number of rotatable bonds is 11. The molecule has 0 fully saturated rings. The predicted molar refractivity (Wildman–Crippen MR) is 106 cm³/mol. The molecule has 0 radical (unpaired) electrons. The largest absolute Gasteiger partial charge is 0.385 e. The molecule has 0 heterocycles. The standard InChI is InChI=1S/C20H25NO5S/c1-3-25-20(15-22)14-17-4-8-18(9-5-17)21-13-12-16-6-10-19(11-7-16)26-27(2,23)24/h4-11,15,20-21H,3,12-14H2,1-2H3/t20-/m0/s1. The molecule has 0 amide bonds. The Morgan fingerprint density at radius 1 is 1.04 bits per heavy atom. The van der Waals surface area contributed by atoms with Crippen LogP contribution in [0.15, 0.2) is 48.5 Å². The molecule has 1 atom stereocenters. The van der Waals surface area contributed by atoms with Crippen molar-refractivity contribution >= 4 is 22.1 Å². The summed E-state index contributed by atoms with van der Waals surface area (Å²) in [5.41, 5.74) is 3.12. The summed E-state index contributed by atoms with van der Waals surface area (Å²) in [6, 6.07) is 14.9. The van der Waals surface area contributed by atoms with Crippen LogP contribution in [0.3, 0.4) is 0 Å². The maximum absolute atomic E-state index is 11.1. The molecule has 146 valence electrons. The summed E-state index contributed by atoms with van der Waals surface area (Å²) < 4.78 is 32.3. The van der Waals surface area contributed by atoms with Crippen LogP contribution in [0, 0.1) is 0 Å². The summed E-state index contributed by atoms with van der Waals surface area (Å²) in [6.07, 6.45) is 2.81. The minimum atomic E-state index is -3.50. The Morgan fingerprint density at radius 3 is 2.22 bits per heavy atom. The highest BCUT2D eigenvalue weighted by Crippen LogP contribution is 2.15. The summed E-state index contributed by atoms with van der Waals surface area (Å²) in [6.45, 7) is 3.13. The highest BCUT2D eigenvalue weighted by atomic mass is 32.2. The summed E-state index contributed by atoms with van der Waals surface area (Å²) >= 11 is 0. The maximum Gasteiger partial charge on any atom is 0.306 e. The number of benzene rings is 2. The molecular weight excluding hydrogens is 366 g/mol. The Hall–Kier alpha value is -2.38. The highest BCUT2D eigenvalue weighted by Gasteiger charge is 2.08. The van der Waals surface area contributed by atoms with Crippen molar-refractivity contribution in [3.05, 3.63) is 59.7 Å². The van der Waals surface area contributed by atoms with Gasteiger partial charge in [-0.25, -0.2) is 0 Å². The van der Waals surface area contributed by atoms with Crippen LogP contribution < -0.4 is 9.50 Å². The molecule has 2 aromatic rings. The van der Waals surface area contributed by atoms with E-state index in [1.807, 2.05) is 43.3 Å². The Bertz CT molecular complexity index is 816. The molecule has 0 unspecified atom stereocenters. The van der Waals surface area contributed by atoms with Gasteiger partial charge < -0.3 is 19.0 Å². The van der Waals surface area contributed by atoms with Crippen LogP contribution in [-0.4, -0.2) is 40.2 Å². The number of nitrogens with one attached hydrogen (secondary N) is 1. The van der Waals surface area contributed by atoms with Crippen LogP contribution in [0.5, 0.6) is 5.75 Å². The lowest BCUT2D eigenvalue weighted by molar-refractivity contribution is -0.117. The third-order valence-electron chi connectivity index (χ3n) is 3.84. The van der Waals surface area contributed by atoms with E-state index in [0.29, 0.717) is 18.8 Å². The van der Waals surface area contributed by atoms with Gasteiger partial charge in [-0.1, -0.05) is 24.3 Å². The Balaban J connectivity index is 1.80. The first-order valence-corrected chi connectivity index (χ1v) is 10.6. The van der Waals surface area contributed by atoms with Crippen molar-refractivity contribution in [1.29, 1.82) is 0 Å². The second-order valence-corrected chi connectivity index (χ2v) is 7.71. The monoisotopic (exact) mass is 391 g/mol. The zero-order valence-corrected chi connectivity index (χ0v) is 16.4. The van der Waals surface area contributed by atoms with Gasteiger partial charge >= 0.3 is 10.1 Å². The molecule has 7 heteroatoms. The van der Waals surface area contributed by atoms with Crippen molar-refractivity contribution in [1.82, 2.24) is 0 Å². The maximum atomic E-state index is 11.1. The fourth-order valence-corrected chi connectivity index (χ4v) is 3.05. The molecule has 0 bridgehead atoms. The van der Waals surface area contributed by atoms with E-state index in [1.165, 1.54) is 0 Å². The molecule has 0 aromatic heterocycles. The third kappa shape index (κ3) is 7.80. The van der Waals surface area contributed by atoms with Crippen molar-refractivity contribution in [3.8, 4) is 5.75 Å². The van der Waals surface area contributed by atoms with Crippen molar-refractivity contribution in [2.45, 2.75) is 25.9 Å². The zero-order chi connectivity index (χ0) is 19.7. The number of ether oxygens (including phenoxy) is 1. The molecule has 27 heavy (non-hydrogen) atoms. The van der Waals surface area contributed by atoms with Crippen LogP contribution in [0.2, 0.25) is 0 Å². The van der Waals surface area contributed by atoms with Gasteiger partial charge in [-0.3, -0.25) is 0 Å². The SMILES string of the molecule is CCO[C@H](C=O)Cc1ccc(NCCc2ccc(OS(C)(=O)=O)cc2)cc1. The van der Waals surface area contributed by atoms with Crippen molar-refractivity contribution in [3.63, 3.8) is 0 Å². The minimum absolute atomic E-state index is 0.311. The predicted octanol–water partition coefficient (Wildman–Crippen LogP) is 2.83. The van der Waals surface area contributed by atoms with Crippen molar-refractivity contribution < 1.29 is 22.1 Å². The van der Waals surface area contributed by atoms with Crippen LogP contribution in [-0.2, 0) is 32.5 Å². The van der Waals surface area contributed by atoms with Gasteiger partial charge in [0.1, 0.15) is 18.1 Å². The molecule has 2 aromatic carbocycles. The first-order valence-electron chi connectivity index (χ1n) is 8.77. The van der Waals surface area contributed by atoms with E-state index < -0.39 is 16.2 Å². The Morgan fingerprint density at radius 2 is 1.67 bits per heavy atom. The number of hydrogen-bond donors (Lipinski definition) is 1. The van der Waals surface area contributed by atoms with Crippen LogP contribution in [0.1, 0.15) is 18.1 Å². The lowest BCUT2D eigenvalue weighted by atomic mass is 10.1. The Labute approximate surface area is 160 Å². The van der Waals surface area contributed by atoms with Gasteiger partial charge in [0.2, 0.25) is 0 Å². The van der Waals surface area contributed by atoms with Crippen LogP contribution >= 0.6 is 0 Å². The van der Waals surface area contributed by atoms with Gasteiger partial charge in [0.25, 0.3) is 0 Å². The minimum Gasteiger partial charge on any atom is -0.385 e. The summed E-state index contributed by atoms with van der Waals surface area (Å²) in [7, 11) is -3.50. The average Bonchev–Trinajstić information content (AvgIpc) is 2.63. The fourth-order valence-electron chi connectivity index (χ4n) is 2.59. The molecule has 2 rings (SSSR count). The van der Waals surface area contributed by atoms with E-state index in [4.69, 9.17) is 8.92 Å². The molecule has 0 aliphatic carbocycles. The van der Waals surface area contributed by atoms with Crippen molar-refractivity contribution in [2.24, 2.45) is 0 Å². The number of aldehydes is 1. The lowest BCUT2D eigenvalue weighted by Gasteiger charge is -2.11. The molecule has 0 saturated heterocycles. The van der Waals surface area contributed by atoms with E-state index >= 15 is 0 Å². The molecule has 0 spiro atoms. The van der Waals surface area contributed by atoms with E-state index in [0.717, 1.165) is 42.3 Å². The van der Waals surface area contributed by atoms with E-state index in [2.05, 4.69) is 5.32 Å². The van der Waals surface area contributed by atoms with E-state index in [-0.39, 0.29) is 0 Å². The fraction of sp³-hybridized carbons (Fsp3) is 0.350. The lowest BCUT2D eigenvalue weighted by Crippen LogP contribution is -2.17. The van der Waals surface area contributed by atoms with E-state index in [1.54, 1.807) is 12.1 Å². The van der Waals surface area contributed by atoms with Gasteiger partial charge in [-0.05, 0) is 48.7 Å². The highest BCUT2D eigenvalue weighted by molar-refractivity contribution is 7.86. The van der Waals surface area contributed by atoms with Gasteiger partial charge in [0, 0.05) is 25.3 Å². The first-order chi connectivity index (χ1) is 12.9. The molecule has 0 saturated carbocycles. The van der Waals surface area contributed by atoms with Crippen LogP contribution in [0.4, 0.5) is 5.69 Å². The van der Waals surface area contributed by atoms with E-state index in [9.17, 15) is 13.2 Å². The van der Waals surface area contributed by atoms with Gasteiger partial charge in [-0.2, -0.15) is 8.42 Å². The second kappa shape index (κ2) is 10.1. The van der Waals surface area contributed by atoms with Crippen LogP contribution in [0.25, 0.3) is 0 Å². The number of carbonyl (C=O) groups excluding carboxylic acids is 1. The molecule has 0 aliphatic heterocycles. The molecule has 0 aliphatic rings. The number of carbonyl (C=O) groups is 1. The third-order valence-corrected chi connectivity index (χ3v) is 4.33. The average molecular weight is 391 g/mol. The zero-order valence-electron chi connectivity index (χ0n) is 15.6. The second-order valence-electron chi connectivity index (χ2n) is 6.14. The summed E-state index contributed by atoms with van der Waals surface area (Å²) in [5, 5.41) is 3.34.